The molecule has 2 aromatic rings. The molecule has 0 aliphatic carbocycles. The number of pyridine rings is 1. The van der Waals surface area contributed by atoms with Gasteiger partial charge in [-0.1, -0.05) is 95.8 Å². The van der Waals surface area contributed by atoms with E-state index in [2.05, 4.69) is 23.7 Å². The maximum Gasteiger partial charge on any atom is 0.407 e. The number of carbonyl (C=O) groups excluding carboxylic acids is 1. The van der Waals surface area contributed by atoms with E-state index < -0.39 is 6.09 Å². The molecule has 0 aliphatic heterocycles. The zero-order valence-corrected chi connectivity index (χ0v) is 22.1. The first-order chi connectivity index (χ1) is 17.2. The van der Waals surface area contributed by atoms with Gasteiger partial charge in [0.1, 0.15) is 25.4 Å². The second-order valence-corrected chi connectivity index (χ2v) is 9.29. The predicted octanol–water partition coefficient (Wildman–Crippen LogP) is 7.50. The van der Waals surface area contributed by atoms with Gasteiger partial charge in [0, 0.05) is 12.1 Å². The summed E-state index contributed by atoms with van der Waals surface area (Å²) < 4.78 is 13.3. The number of amides is 1. The highest BCUT2D eigenvalue weighted by Gasteiger charge is 2.10. The highest BCUT2D eigenvalue weighted by molar-refractivity contribution is 5.67. The van der Waals surface area contributed by atoms with Crippen LogP contribution < -0.4 is 14.6 Å². The van der Waals surface area contributed by atoms with Crippen LogP contribution in [0, 0.1) is 0 Å². The van der Waals surface area contributed by atoms with Gasteiger partial charge in [-0.25, -0.2) is 9.36 Å². The fraction of sp³-hybridized carbons (Fsp3) is 0.600. The third-order valence-corrected chi connectivity index (χ3v) is 6.35. The molecule has 1 heterocycles. The first-order valence-electron chi connectivity index (χ1n) is 13.8. The molecule has 35 heavy (non-hydrogen) atoms. The summed E-state index contributed by atoms with van der Waals surface area (Å²) >= 11 is 0. The molecule has 0 unspecified atom stereocenters. The predicted molar refractivity (Wildman–Crippen MR) is 142 cm³/mol. The van der Waals surface area contributed by atoms with Gasteiger partial charge in [-0.15, -0.1) is 0 Å². The molecule has 5 heteroatoms. The van der Waals surface area contributed by atoms with Crippen LogP contribution in [0.2, 0.25) is 0 Å². The Morgan fingerprint density at radius 3 is 2.06 bits per heavy atom. The van der Waals surface area contributed by atoms with Gasteiger partial charge < -0.3 is 14.8 Å². The SMILES string of the molecule is CCCCCCCCCCCCCCOc1ccc(COC(=O)NCc2cccc[n+]2CC)cc1. The van der Waals surface area contributed by atoms with Gasteiger partial charge in [0.2, 0.25) is 5.69 Å². The van der Waals surface area contributed by atoms with Crippen LogP contribution in [0.25, 0.3) is 0 Å². The number of aromatic nitrogens is 1. The second-order valence-electron chi connectivity index (χ2n) is 9.29. The normalized spacial score (nSPS) is 10.8. The average Bonchev–Trinajstić information content (AvgIpc) is 2.89. The number of hydrogen-bond acceptors (Lipinski definition) is 3. The molecule has 1 amide bonds. The first kappa shape index (κ1) is 28.7. The standard InChI is InChI=1S/C30H46N2O3/c1-3-5-6-7-8-9-10-11-12-13-14-17-24-34-29-21-19-27(20-22-29)26-35-30(33)31-25-28-18-15-16-23-32(28)4-2/h15-16,18-23H,3-14,17,24-26H2,1-2H3/p+1. The lowest BCUT2D eigenvalue weighted by molar-refractivity contribution is -0.701. The Morgan fingerprint density at radius 1 is 0.800 bits per heavy atom. The van der Waals surface area contributed by atoms with Crippen LogP contribution >= 0.6 is 0 Å². The molecule has 0 atom stereocenters. The first-order valence-corrected chi connectivity index (χ1v) is 13.8. The monoisotopic (exact) mass is 483 g/mol. The zero-order valence-electron chi connectivity index (χ0n) is 22.1. The van der Waals surface area contributed by atoms with Crippen molar-refractivity contribution < 1.29 is 18.8 Å². The molecule has 0 aliphatic rings. The number of alkyl carbamates (subject to hydrolysis) is 1. The number of ether oxygens (including phenoxy) is 2. The lowest BCUT2D eigenvalue weighted by Crippen LogP contribution is -2.39. The molecule has 0 spiro atoms. The molecule has 194 valence electrons. The third kappa shape index (κ3) is 13.2. The molecule has 1 aromatic carbocycles. The van der Waals surface area contributed by atoms with Gasteiger partial charge in [0.25, 0.3) is 0 Å². The number of benzene rings is 1. The lowest BCUT2D eigenvalue weighted by atomic mass is 10.1. The Kier molecular flexibility index (Phi) is 15.3. The molecule has 0 bridgehead atoms. The number of nitrogens with one attached hydrogen (secondary N) is 1. The van der Waals surface area contributed by atoms with Crippen LogP contribution in [0.5, 0.6) is 5.75 Å². The molecule has 5 nitrogen and oxygen atoms in total. The molecular weight excluding hydrogens is 436 g/mol. The van der Waals surface area contributed by atoms with E-state index in [1.165, 1.54) is 70.6 Å². The van der Waals surface area contributed by atoms with Crippen molar-refractivity contribution >= 4 is 6.09 Å². The van der Waals surface area contributed by atoms with Crippen molar-refractivity contribution in [3.63, 3.8) is 0 Å². The van der Waals surface area contributed by atoms with Crippen LogP contribution in [0.1, 0.15) is 102 Å². The maximum atomic E-state index is 12.0. The fourth-order valence-corrected chi connectivity index (χ4v) is 4.16. The topological polar surface area (TPSA) is 51.4 Å². The summed E-state index contributed by atoms with van der Waals surface area (Å²) in [4.78, 5) is 12.0. The molecular formula is C30H47N2O3+. The van der Waals surface area contributed by atoms with E-state index in [1.807, 2.05) is 48.7 Å². The van der Waals surface area contributed by atoms with E-state index in [0.717, 1.165) is 36.6 Å². The minimum atomic E-state index is -0.413. The van der Waals surface area contributed by atoms with E-state index in [4.69, 9.17) is 9.47 Å². The van der Waals surface area contributed by atoms with E-state index in [0.29, 0.717) is 6.54 Å². The minimum Gasteiger partial charge on any atom is -0.494 e. The number of rotatable bonds is 19. The van der Waals surface area contributed by atoms with Crippen molar-refractivity contribution in [2.75, 3.05) is 6.61 Å². The van der Waals surface area contributed by atoms with Crippen molar-refractivity contribution in [2.45, 2.75) is 111 Å². The smallest absolute Gasteiger partial charge is 0.407 e. The van der Waals surface area contributed by atoms with Crippen LogP contribution in [0.3, 0.4) is 0 Å². The summed E-state index contributed by atoms with van der Waals surface area (Å²) in [6.45, 7) is 6.66. The number of aryl methyl sites for hydroxylation is 1. The van der Waals surface area contributed by atoms with Gasteiger partial charge in [-0.2, -0.15) is 0 Å². The summed E-state index contributed by atoms with van der Waals surface area (Å²) in [5.74, 6) is 0.870. The summed E-state index contributed by atoms with van der Waals surface area (Å²) in [5, 5.41) is 2.82. The van der Waals surface area contributed by atoms with Crippen molar-refractivity contribution in [1.29, 1.82) is 0 Å². The summed E-state index contributed by atoms with van der Waals surface area (Å²) in [5.41, 5.74) is 1.99. The summed E-state index contributed by atoms with van der Waals surface area (Å²) in [6.07, 6.45) is 17.7. The molecule has 0 radical (unpaired) electrons. The van der Waals surface area contributed by atoms with E-state index in [-0.39, 0.29) is 6.61 Å². The van der Waals surface area contributed by atoms with Crippen LogP contribution in [-0.4, -0.2) is 12.7 Å². The molecule has 0 saturated heterocycles. The quantitative estimate of drug-likeness (QED) is 0.166. The lowest BCUT2D eigenvalue weighted by Gasteiger charge is -2.09. The van der Waals surface area contributed by atoms with Crippen LogP contribution in [0.15, 0.2) is 48.7 Å². The molecule has 0 fully saturated rings. The number of unbranched alkanes of at least 4 members (excludes halogenated alkanes) is 11. The van der Waals surface area contributed by atoms with Gasteiger partial charge in [0.15, 0.2) is 6.20 Å². The fourth-order valence-electron chi connectivity index (χ4n) is 4.16. The van der Waals surface area contributed by atoms with Gasteiger partial charge >= 0.3 is 6.09 Å². The van der Waals surface area contributed by atoms with Crippen molar-refractivity contribution in [3.8, 4) is 5.75 Å². The molecule has 2 rings (SSSR count). The van der Waals surface area contributed by atoms with Crippen molar-refractivity contribution in [3.05, 3.63) is 59.9 Å². The molecule has 1 N–H and O–H groups in total. The summed E-state index contributed by atoms with van der Waals surface area (Å²) in [6, 6.07) is 13.8. The Hall–Kier alpha value is -2.56. The van der Waals surface area contributed by atoms with E-state index in [9.17, 15) is 4.79 Å². The maximum absolute atomic E-state index is 12.0. The number of carbonyl (C=O) groups is 1. The third-order valence-electron chi connectivity index (χ3n) is 6.35. The Balaban J connectivity index is 1.48. The van der Waals surface area contributed by atoms with E-state index >= 15 is 0 Å². The highest BCUT2D eigenvalue weighted by Crippen LogP contribution is 2.15. The Bertz CT molecular complexity index is 808. The van der Waals surface area contributed by atoms with Crippen LogP contribution in [0.4, 0.5) is 4.79 Å². The Labute approximate surface area is 213 Å². The summed E-state index contributed by atoms with van der Waals surface area (Å²) in [7, 11) is 0. The van der Waals surface area contributed by atoms with Crippen LogP contribution in [-0.2, 0) is 24.4 Å². The number of hydrogen-bond donors (Lipinski definition) is 1. The highest BCUT2D eigenvalue weighted by atomic mass is 16.5. The molecule has 0 saturated carbocycles. The van der Waals surface area contributed by atoms with Gasteiger partial charge in [-0.05, 0) is 31.0 Å². The van der Waals surface area contributed by atoms with Gasteiger partial charge in [0.05, 0.1) is 6.61 Å². The molecule has 1 aromatic heterocycles. The Morgan fingerprint density at radius 2 is 1.43 bits per heavy atom. The van der Waals surface area contributed by atoms with Gasteiger partial charge in [-0.3, -0.25) is 0 Å². The van der Waals surface area contributed by atoms with E-state index in [1.54, 1.807) is 0 Å². The zero-order chi connectivity index (χ0) is 25.0. The average molecular weight is 484 g/mol. The second kappa shape index (κ2) is 18.7. The van der Waals surface area contributed by atoms with Crippen molar-refractivity contribution in [2.24, 2.45) is 0 Å². The van der Waals surface area contributed by atoms with Crippen molar-refractivity contribution in [1.82, 2.24) is 5.32 Å². The number of nitrogens with zero attached hydrogens (tertiary/aromatic N) is 1. The minimum absolute atomic E-state index is 0.243. The largest absolute Gasteiger partial charge is 0.494 e.